The van der Waals surface area contributed by atoms with Crippen LogP contribution in [0.5, 0.6) is 0 Å². The molecule has 0 atom stereocenters. The highest BCUT2D eigenvalue weighted by Gasteiger charge is 2.57. The van der Waals surface area contributed by atoms with Crippen molar-refractivity contribution >= 4 is 11.9 Å². The van der Waals surface area contributed by atoms with Gasteiger partial charge in [-0.2, -0.15) is 0 Å². The lowest BCUT2D eigenvalue weighted by Crippen LogP contribution is -2.40. The molecule has 0 amide bonds. The van der Waals surface area contributed by atoms with Gasteiger partial charge in [0.05, 0.1) is 13.2 Å². The summed E-state index contributed by atoms with van der Waals surface area (Å²) in [5, 5.41) is 0. The summed E-state index contributed by atoms with van der Waals surface area (Å²) >= 11 is 0. The SMILES string of the molecule is C=C1CC(C(=O)OCC)(C(=O)OCC)CC1(C)C. The average molecular weight is 254 g/mol. The Morgan fingerprint density at radius 1 is 1.17 bits per heavy atom. The lowest BCUT2D eigenvalue weighted by molar-refractivity contribution is -0.172. The van der Waals surface area contributed by atoms with Gasteiger partial charge in [0.25, 0.3) is 0 Å². The summed E-state index contributed by atoms with van der Waals surface area (Å²) in [5.74, 6) is -0.981. The summed E-state index contributed by atoms with van der Waals surface area (Å²) in [6, 6.07) is 0. The Labute approximate surface area is 108 Å². The molecule has 1 rings (SSSR count). The van der Waals surface area contributed by atoms with Crippen molar-refractivity contribution in [2.24, 2.45) is 10.8 Å². The highest BCUT2D eigenvalue weighted by Crippen LogP contribution is 2.53. The van der Waals surface area contributed by atoms with Crippen molar-refractivity contribution in [3.63, 3.8) is 0 Å². The van der Waals surface area contributed by atoms with Gasteiger partial charge >= 0.3 is 11.9 Å². The summed E-state index contributed by atoms with van der Waals surface area (Å²) in [7, 11) is 0. The van der Waals surface area contributed by atoms with Crippen LogP contribution in [0.25, 0.3) is 0 Å². The maximum Gasteiger partial charge on any atom is 0.323 e. The number of esters is 2. The van der Waals surface area contributed by atoms with Crippen LogP contribution in [0.15, 0.2) is 12.2 Å². The van der Waals surface area contributed by atoms with Crippen molar-refractivity contribution < 1.29 is 19.1 Å². The molecule has 0 aliphatic heterocycles. The van der Waals surface area contributed by atoms with E-state index in [2.05, 4.69) is 6.58 Å². The van der Waals surface area contributed by atoms with Gasteiger partial charge in [0, 0.05) is 0 Å². The normalized spacial score (nSPS) is 20.6. The third-order valence-corrected chi connectivity index (χ3v) is 3.55. The minimum Gasteiger partial charge on any atom is -0.465 e. The average Bonchev–Trinajstić information content (AvgIpc) is 2.52. The molecular weight excluding hydrogens is 232 g/mol. The summed E-state index contributed by atoms with van der Waals surface area (Å²) in [5.41, 5.74) is -0.560. The van der Waals surface area contributed by atoms with E-state index in [9.17, 15) is 9.59 Å². The highest BCUT2D eigenvalue weighted by atomic mass is 16.6. The molecule has 4 nitrogen and oxygen atoms in total. The summed E-state index contributed by atoms with van der Waals surface area (Å²) in [4.78, 5) is 24.3. The first-order valence-electron chi connectivity index (χ1n) is 6.33. The smallest absolute Gasteiger partial charge is 0.323 e. The van der Waals surface area contributed by atoms with E-state index in [0.717, 1.165) is 5.57 Å². The molecule has 0 unspecified atom stereocenters. The molecule has 0 heterocycles. The number of hydrogen-bond acceptors (Lipinski definition) is 4. The van der Waals surface area contributed by atoms with E-state index >= 15 is 0 Å². The topological polar surface area (TPSA) is 52.6 Å². The van der Waals surface area contributed by atoms with Crippen molar-refractivity contribution in [1.82, 2.24) is 0 Å². The number of ether oxygens (including phenoxy) is 2. The molecule has 1 saturated carbocycles. The quantitative estimate of drug-likeness (QED) is 0.439. The zero-order valence-corrected chi connectivity index (χ0v) is 11.7. The van der Waals surface area contributed by atoms with Gasteiger partial charge in [-0.25, -0.2) is 0 Å². The van der Waals surface area contributed by atoms with E-state index < -0.39 is 17.4 Å². The van der Waals surface area contributed by atoms with Gasteiger partial charge in [0.1, 0.15) is 0 Å². The van der Waals surface area contributed by atoms with Gasteiger partial charge in [-0.15, -0.1) is 0 Å². The van der Waals surface area contributed by atoms with Gasteiger partial charge in [-0.1, -0.05) is 26.0 Å². The molecule has 4 heteroatoms. The molecular formula is C14H22O4. The highest BCUT2D eigenvalue weighted by molar-refractivity contribution is 6.01. The fourth-order valence-corrected chi connectivity index (χ4v) is 2.46. The van der Waals surface area contributed by atoms with Crippen LogP contribution in [-0.4, -0.2) is 25.2 Å². The molecule has 0 spiro atoms. The molecule has 0 aromatic rings. The van der Waals surface area contributed by atoms with Crippen LogP contribution in [-0.2, 0) is 19.1 Å². The van der Waals surface area contributed by atoms with E-state index in [1.165, 1.54) is 0 Å². The largest absolute Gasteiger partial charge is 0.465 e. The zero-order chi connectivity index (χ0) is 14.0. The standard InChI is InChI=1S/C14H22O4/c1-6-17-11(15)14(12(16)18-7-2)8-10(3)13(4,5)9-14/h3,6-9H2,1-2,4-5H3. The first kappa shape index (κ1) is 14.7. The van der Waals surface area contributed by atoms with Crippen molar-refractivity contribution in [2.75, 3.05) is 13.2 Å². The Morgan fingerprint density at radius 3 is 1.89 bits per heavy atom. The number of allylic oxidation sites excluding steroid dienone is 1. The Kier molecular flexibility index (Phi) is 4.20. The van der Waals surface area contributed by atoms with E-state index in [0.29, 0.717) is 12.8 Å². The monoisotopic (exact) mass is 254 g/mol. The predicted octanol–water partition coefficient (Wildman–Crippen LogP) is 2.48. The van der Waals surface area contributed by atoms with Gasteiger partial charge < -0.3 is 9.47 Å². The molecule has 0 radical (unpaired) electrons. The minimum absolute atomic E-state index is 0.250. The van der Waals surface area contributed by atoms with Crippen LogP contribution in [0, 0.1) is 10.8 Å². The summed E-state index contributed by atoms with van der Waals surface area (Å²) in [6.07, 6.45) is 0.716. The third-order valence-electron chi connectivity index (χ3n) is 3.55. The van der Waals surface area contributed by atoms with Crippen LogP contribution in [0.4, 0.5) is 0 Å². The Hall–Kier alpha value is -1.32. The van der Waals surface area contributed by atoms with Crippen molar-refractivity contribution in [1.29, 1.82) is 0 Å². The van der Waals surface area contributed by atoms with Crippen LogP contribution >= 0.6 is 0 Å². The first-order valence-corrected chi connectivity index (χ1v) is 6.33. The molecule has 1 fully saturated rings. The first-order chi connectivity index (χ1) is 8.30. The zero-order valence-electron chi connectivity index (χ0n) is 11.7. The van der Waals surface area contributed by atoms with E-state index in [1.54, 1.807) is 13.8 Å². The van der Waals surface area contributed by atoms with Crippen molar-refractivity contribution in [3.8, 4) is 0 Å². The number of hydrogen-bond donors (Lipinski definition) is 0. The third kappa shape index (κ3) is 2.42. The second kappa shape index (κ2) is 5.12. The van der Waals surface area contributed by atoms with Gasteiger partial charge in [0.15, 0.2) is 5.41 Å². The fraction of sp³-hybridized carbons (Fsp3) is 0.714. The number of rotatable bonds is 4. The summed E-state index contributed by atoms with van der Waals surface area (Å²) < 4.78 is 10.1. The number of carbonyl (C=O) groups excluding carboxylic acids is 2. The second-order valence-corrected chi connectivity index (χ2v) is 5.36. The summed E-state index contributed by atoms with van der Waals surface area (Å²) in [6.45, 7) is 11.9. The van der Waals surface area contributed by atoms with E-state index in [1.807, 2.05) is 13.8 Å². The lowest BCUT2D eigenvalue weighted by Gasteiger charge is -2.25. The predicted molar refractivity (Wildman–Crippen MR) is 67.9 cm³/mol. The molecule has 0 aromatic heterocycles. The molecule has 102 valence electrons. The fourth-order valence-electron chi connectivity index (χ4n) is 2.46. The molecule has 0 saturated heterocycles. The molecule has 0 aromatic carbocycles. The van der Waals surface area contributed by atoms with Gasteiger partial charge in [0.2, 0.25) is 0 Å². The van der Waals surface area contributed by atoms with Gasteiger partial charge in [-0.3, -0.25) is 9.59 Å². The van der Waals surface area contributed by atoms with Crippen LogP contribution < -0.4 is 0 Å². The van der Waals surface area contributed by atoms with E-state index in [4.69, 9.17) is 9.47 Å². The Bertz CT molecular complexity index is 350. The molecule has 0 bridgehead atoms. The van der Waals surface area contributed by atoms with Gasteiger partial charge in [-0.05, 0) is 32.1 Å². The Morgan fingerprint density at radius 2 is 1.61 bits per heavy atom. The second-order valence-electron chi connectivity index (χ2n) is 5.36. The van der Waals surface area contributed by atoms with Crippen LogP contribution in [0.3, 0.4) is 0 Å². The van der Waals surface area contributed by atoms with E-state index in [-0.39, 0.29) is 18.6 Å². The lowest BCUT2D eigenvalue weighted by atomic mass is 9.81. The van der Waals surface area contributed by atoms with Crippen LogP contribution in [0.1, 0.15) is 40.5 Å². The maximum atomic E-state index is 12.2. The maximum absolute atomic E-state index is 12.2. The molecule has 0 N–H and O–H groups in total. The Balaban J connectivity index is 3.09. The molecule has 1 aliphatic carbocycles. The van der Waals surface area contributed by atoms with Crippen molar-refractivity contribution in [3.05, 3.63) is 12.2 Å². The minimum atomic E-state index is -1.20. The molecule has 18 heavy (non-hydrogen) atoms. The van der Waals surface area contributed by atoms with Crippen LogP contribution in [0.2, 0.25) is 0 Å². The van der Waals surface area contributed by atoms with Crippen molar-refractivity contribution in [2.45, 2.75) is 40.5 Å². The molecule has 1 aliphatic rings. The number of carbonyl (C=O) groups is 2.